The van der Waals surface area contributed by atoms with Crippen molar-refractivity contribution >= 4 is 11.6 Å². The maximum Gasteiger partial charge on any atom is 0.337 e. The predicted molar refractivity (Wildman–Crippen MR) is 77.7 cm³/mol. The van der Waals surface area contributed by atoms with Crippen LogP contribution in [0.5, 0.6) is 5.75 Å². The van der Waals surface area contributed by atoms with Crippen LogP contribution >= 0.6 is 0 Å². The molecular weight excluding hydrogens is 268 g/mol. The molecule has 0 bridgehead atoms. The molecule has 0 saturated heterocycles. The Morgan fingerprint density at radius 3 is 2.81 bits per heavy atom. The standard InChI is InChI=1S/C16H14N2O3/c1-11-4-2-3-5-14(11)21-10-13-9-18-8-12(16(19)20)6-7-15(18)17-13/h2-9H,10H2,1H3,(H,19,20). The summed E-state index contributed by atoms with van der Waals surface area (Å²) in [5, 5.41) is 8.98. The van der Waals surface area contributed by atoms with E-state index in [1.165, 1.54) is 6.07 Å². The van der Waals surface area contributed by atoms with Crippen LogP contribution in [0.4, 0.5) is 0 Å². The molecule has 0 aliphatic rings. The number of aromatic carboxylic acids is 1. The molecular formula is C16H14N2O3. The number of rotatable bonds is 4. The zero-order valence-corrected chi connectivity index (χ0v) is 11.5. The Morgan fingerprint density at radius 2 is 2.05 bits per heavy atom. The zero-order valence-electron chi connectivity index (χ0n) is 11.5. The minimum atomic E-state index is -0.955. The first-order chi connectivity index (χ1) is 10.1. The molecule has 3 rings (SSSR count). The number of carbonyl (C=O) groups is 1. The Morgan fingerprint density at radius 1 is 1.24 bits per heavy atom. The van der Waals surface area contributed by atoms with E-state index < -0.39 is 5.97 Å². The molecule has 0 unspecified atom stereocenters. The van der Waals surface area contributed by atoms with Gasteiger partial charge in [-0.15, -0.1) is 0 Å². The van der Waals surface area contributed by atoms with Gasteiger partial charge in [-0.2, -0.15) is 0 Å². The van der Waals surface area contributed by atoms with Gasteiger partial charge in [-0.1, -0.05) is 18.2 Å². The Balaban J connectivity index is 1.82. The van der Waals surface area contributed by atoms with E-state index in [0.29, 0.717) is 12.3 Å². The largest absolute Gasteiger partial charge is 0.487 e. The number of carboxylic acid groups (broad SMARTS) is 1. The summed E-state index contributed by atoms with van der Waals surface area (Å²) in [5.41, 5.74) is 2.74. The molecule has 2 aromatic heterocycles. The van der Waals surface area contributed by atoms with Crippen molar-refractivity contribution in [1.82, 2.24) is 9.38 Å². The van der Waals surface area contributed by atoms with Crippen LogP contribution in [0.25, 0.3) is 5.65 Å². The molecule has 21 heavy (non-hydrogen) atoms. The number of hydrogen-bond acceptors (Lipinski definition) is 3. The van der Waals surface area contributed by atoms with Gasteiger partial charge < -0.3 is 14.2 Å². The van der Waals surface area contributed by atoms with E-state index in [9.17, 15) is 4.79 Å². The summed E-state index contributed by atoms with van der Waals surface area (Å²) < 4.78 is 7.43. The SMILES string of the molecule is Cc1ccccc1OCc1cn2cc(C(=O)O)ccc2n1. The number of imidazole rings is 1. The third-order valence-electron chi connectivity index (χ3n) is 3.22. The third-order valence-corrected chi connectivity index (χ3v) is 3.22. The fraction of sp³-hybridized carbons (Fsp3) is 0.125. The third kappa shape index (κ3) is 2.72. The highest BCUT2D eigenvalue weighted by Crippen LogP contribution is 2.18. The lowest BCUT2D eigenvalue weighted by Gasteiger charge is -2.06. The van der Waals surface area contributed by atoms with Crippen molar-refractivity contribution in [2.24, 2.45) is 0 Å². The maximum atomic E-state index is 10.9. The second kappa shape index (κ2) is 5.28. The van der Waals surface area contributed by atoms with Gasteiger partial charge in [-0.25, -0.2) is 9.78 Å². The van der Waals surface area contributed by atoms with Gasteiger partial charge in [0.15, 0.2) is 0 Å². The van der Waals surface area contributed by atoms with Crippen molar-refractivity contribution in [2.45, 2.75) is 13.5 Å². The highest BCUT2D eigenvalue weighted by Gasteiger charge is 2.07. The number of ether oxygens (including phenoxy) is 1. The van der Waals surface area contributed by atoms with Gasteiger partial charge >= 0.3 is 5.97 Å². The topological polar surface area (TPSA) is 63.8 Å². The molecule has 0 spiro atoms. The molecule has 0 atom stereocenters. The first-order valence-electron chi connectivity index (χ1n) is 6.53. The number of fused-ring (bicyclic) bond motifs is 1. The van der Waals surface area contributed by atoms with Crippen molar-refractivity contribution in [2.75, 3.05) is 0 Å². The molecule has 2 heterocycles. The Kier molecular flexibility index (Phi) is 3.31. The van der Waals surface area contributed by atoms with Crippen LogP contribution in [0.1, 0.15) is 21.6 Å². The van der Waals surface area contributed by atoms with E-state index in [1.54, 1.807) is 22.9 Å². The molecule has 5 nitrogen and oxygen atoms in total. The van der Waals surface area contributed by atoms with Gasteiger partial charge in [-0.05, 0) is 30.7 Å². The summed E-state index contributed by atoms with van der Waals surface area (Å²) in [6, 6.07) is 11.0. The first-order valence-corrected chi connectivity index (χ1v) is 6.53. The smallest absolute Gasteiger partial charge is 0.337 e. The minimum absolute atomic E-state index is 0.228. The lowest BCUT2D eigenvalue weighted by Crippen LogP contribution is -1.98. The fourth-order valence-corrected chi connectivity index (χ4v) is 2.11. The van der Waals surface area contributed by atoms with E-state index in [4.69, 9.17) is 9.84 Å². The molecule has 0 aliphatic heterocycles. The predicted octanol–water partition coefficient (Wildman–Crippen LogP) is 2.92. The van der Waals surface area contributed by atoms with Crippen LogP contribution in [0.2, 0.25) is 0 Å². The van der Waals surface area contributed by atoms with Gasteiger partial charge in [0.25, 0.3) is 0 Å². The number of nitrogens with zero attached hydrogens (tertiary/aromatic N) is 2. The summed E-state index contributed by atoms with van der Waals surface area (Å²) in [7, 11) is 0. The van der Waals surface area contributed by atoms with Crippen molar-refractivity contribution in [3.8, 4) is 5.75 Å². The monoisotopic (exact) mass is 282 g/mol. The first kappa shape index (κ1) is 13.2. The summed E-state index contributed by atoms with van der Waals surface area (Å²) in [4.78, 5) is 15.3. The molecule has 0 radical (unpaired) electrons. The maximum absolute atomic E-state index is 10.9. The van der Waals surface area contributed by atoms with Gasteiger partial charge in [0, 0.05) is 12.4 Å². The Hall–Kier alpha value is -2.82. The Labute approximate surface area is 121 Å². The molecule has 0 amide bonds. The lowest BCUT2D eigenvalue weighted by molar-refractivity contribution is 0.0696. The molecule has 1 N–H and O–H groups in total. The quantitative estimate of drug-likeness (QED) is 0.799. The second-order valence-electron chi connectivity index (χ2n) is 4.77. The van der Waals surface area contributed by atoms with Gasteiger partial charge in [0.2, 0.25) is 0 Å². The molecule has 5 heteroatoms. The molecule has 0 aliphatic carbocycles. The summed E-state index contributed by atoms with van der Waals surface area (Å²) in [6.07, 6.45) is 3.32. The van der Waals surface area contributed by atoms with Crippen LogP contribution in [-0.4, -0.2) is 20.5 Å². The van der Waals surface area contributed by atoms with Crippen LogP contribution in [0.3, 0.4) is 0 Å². The van der Waals surface area contributed by atoms with Crippen molar-refractivity contribution in [3.63, 3.8) is 0 Å². The van der Waals surface area contributed by atoms with Crippen molar-refractivity contribution < 1.29 is 14.6 Å². The zero-order chi connectivity index (χ0) is 14.8. The molecule has 3 aromatic rings. The van der Waals surface area contributed by atoms with Crippen molar-refractivity contribution in [3.05, 3.63) is 65.6 Å². The number of hydrogen-bond donors (Lipinski definition) is 1. The van der Waals surface area contributed by atoms with Crippen LogP contribution in [-0.2, 0) is 6.61 Å². The fourth-order valence-electron chi connectivity index (χ4n) is 2.11. The molecule has 0 fully saturated rings. The number of carboxylic acids is 1. The van der Waals surface area contributed by atoms with Crippen LogP contribution < -0.4 is 4.74 Å². The molecule has 106 valence electrons. The second-order valence-corrected chi connectivity index (χ2v) is 4.77. The molecule has 0 saturated carbocycles. The average molecular weight is 282 g/mol. The summed E-state index contributed by atoms with van der Waals surface area (Å²) >= 11 is 0. The van der Waals surface area contributed by atoms with E-state index in [2.05, 4.69) is 4.98 Å². The van der Waals surface area contributed by atoms with Crippen LogP contribution in [0.15, 0.2) is 48.8 Å². The molecule has 1 aromatic carbocycles. The van der Waals surface area contributed by atoms with Gasteiger partial charge in [0.1, 0.15) is 18.0 Å². The number of pyridine rings is 1. The van der Waals surface area contributed by atoms with E-state index >= 15 is 0 Å². The van der Waals surface area contributed by atoms with Gasteiger partial charge in [-0.3, -0.25) is 0 Å². The lowest BCUT2D eigenvalue weighted by atomic mass is 10.2. The number of aromatic nitrogens is 2. The van der Waals surface area contributed by atoms with E-state index in [-0.39, 0.29) is 5.56 Å². The van der Waals surface area contributed by atoms with E-state index in [1.807, 2.05) is 31.2 Å². The van der Waals surface area contributed by atoms with Crippen LogP contribution in [0, 0.1) is 6.92 Å². The minimum Gasteiger partial charge on any atom is -0.487 e. The van der Waals surface area contributed by atoms with E-state index in [0.717, 1.165) is 17.0 Å². The van der Waals surface area contributed by atoms with Crippen molar-refractivity contribution in [1.29, 1.82) is 0 Å². The highest BCUT2D eigenvalue weighted by molar-refractivity contribution is 5.87. The summed E-state index contributed by atoms with van der Waals surface area (Å²) in [5.74, 6) is -0.135. The number of aryl methyl sites for hydroxylation is 1. The normalized spacial score (nSPS) is 10.7. The highest BCUT2D eigenvalue weighted by atomic mass is 16.5. The Bertz CT molecular complexity index is 808. The van der Waals surface area contributed by atoms with Gasteiger partial charge in [0.05, 0.1) is 11.3 Å². The summed E-state index contributed by atoms with van der Waals surface area (Å²) in [6.45, 7) is 2.33. The number of para-hydroxylation sites is 1. The average Bonchev–Trinajstić information content (AvgIpc) is 2.88. The number of benzene rings is 1.